The second-order valence-corrected chi connectivity index (χ2v) is 6.70. The lowest BCUT2D eigenvalue weighted by Gasteiger charge is -2.24. The quantitative estimate of drug-likeness (QED) is 0.775. The molecule has 1 saturated heterocycles. The minimum Gasteiger partial charge on any atom is -0.491 e. The number of carbonyl (C=O) groups excluding carboxylic acids is 1. The number of rotatable bonds is 5. The highest BCUT2D eigenvalue weighted by molar-refractivity contribution is 5.68. The lowest BCUT2D eigenvalue weighted by atomic mass is 10.2. The van der Waals surface area contributed by atoms with E-state index in [4.69, 9.17) is 19.5 Å². The maximum atomic E-state index is 12.0. The van der Waals surface area contributed by atoms with Crippen LogP contribution in [-0.2, 0) is 9.47 Å². The average Bonchev–Trinajstić information content (AvgIpc) is 2.99. The Morgan fingerprint density at radius 1 is 1.38 bits per heavy atom. The molecular weight excluding hydrogens is 308 g/mol. The Hall–Kier alpha value is -2.26. The number of ether oxygens (including phenoxy) is 3. The Morgan fingerprint density at radius 3 is 2.88 bits per heavy atom. The molecule has 1 aliphatic rings. The van der Waals surface area contributed by atoms with Crippen LogP contribution in [0.5, 0.6) is 5.75 Å². The predicted molar refractivity (Wildman–Crippen MR) is 88.8 cm³/mol. The van der Waals surface area contributed by atoms with Crippen LogP contribution in [-0.4, -0.2) is 49.0 Å². The monoisotopic (exact) mass is 332 g/mol. The Kier molecular flexibility index (Phi) is 6.04. The zero-order valence-corrected chi connectivity index (χ0v) is 14.4. The molecule has 0 aromatic heterocycles. The van der Waals surface area contributed by atoms with Gasteiger partial charge in [-0.3, -0.25) is 0 Å². The van der Waals surface area contributed by atoms with Crippen LogP contribution in [0.25, 0.3) is 0 Å². The van der Waals surface area contributed by atoms with Crippen molar-refractivity contribution in [1.82, 2.24) is 4.90 Å². The van der Waals surface area contributed by atoms with Crippen molar-refractivity contribution in [2.24, 2.45) is 0 Å². The van der Waals surface area contributed by atoms with Crippen LogP contribution in [0.4, 0.5) is 4.79 Å². The van der Waals surface area contributed by atoms with Crippen LogP contribution in [0.2, 0.25) is 0 Å². The fourth-order valence-corrected chi connectivity index (χ4v) is 2.39. The van der Waals surface area contributed by atoms with Crippen LogP contribution in [0.3, 0.4) is 0 Å². The van der Waals surface area contributed by atoms with Gasteiger partial charge in [0.2, 0.25) is 0 Å². The Labute approximate surface area is 142 Å². The van der Waals surface area contributed by atoms with Gasteiger partial charge in [0.1, 0.15) is 18.0 Å². The fourth-order valence-electron chi connectivity index (χ4n) is 2.39. The van der Waals surface area contributed by atoms with E-state index in [9.17, 15) is 4.79 Å². The van der Waals surface area contributed by atoms with Gasteiger partial charge < -0.3 is 19.1 Å². The van der Waals surface area contributed by atoms with Crippen LogP contribution < -0.4 is 4.74 Å². The minimum absolute atomic E-state index is 0.00608. The predicted octanol–water partition coefficient (Wildman–Crippen LogP) is 2.96. The molecule has 1 atom stereocenters. The Balaban J connectivity index is 1.67. The smallest absolute Gasteiger partial charge is 0.410 e. The van der Waals surface area contributed by atoms with E-state index in [-0.39, 0.29) is 12.2 Å². The molecule has 0 aliphatic carbocycles. The average molecular weight is 332 g/mol. The molecule has 130 valence electrons. The molecule has 1 amide bonds. The molecule has 0 saturated carbocycles. The molecule has 1 heterocycles. The van der Waals surface area contributed by atoms with Crippen molar-refractivity contribution in [1.29, 1.82) is 5.26 Å². The summed E-state index contributed by atoms with van der Waals surface area (Å²) in [5.41, 5.74) is 0.0826. The standard InChI is InChI=1S/C18H24N2O4/c1-18(2,3)24-17(21)20-8-7-16(13-20)23-10-9-22-15-6-4-5-14(11-15)12-19/h4-6,11,16H,7-10,13H2,1-3H3/t16-/m1/s1. The largest absolute Gasteiger partial charge is 0.491 e. The molecule has 0 N–H and O–H groups in total. The molecular formula is C18H24N2O4. The van der Waals surface area contributed by atoms with Gasteiger partial charge in [-0.25, -0.2) is 4.79 Å². The summed E-state index contributed by atoms with van der Waals surface area (Å²) in [7, 11) is 0. The number of likely N-dealkylation sites (tertiary alicyclic amines) is 1. The number of benzene rings is 1. The van der Waals surface area contributed by atoms with E-state index < -0.39 is 5.60 Å². The summed E-state index contributed by atoms with van der Waals surface area (Å²) >= 11 is 0. The van der Waals surface area contributed by atoms with Crippen LogP contribution >= 0.6 is 0 Å². The summed E-state index contributed by atoms with van der Waals surface area (Å²) in [6, 6.07) is 9.09. The first-order valence-electron chi connectivity index (χ1n) is 8.10. The number of hydrogen-bond donors (Lipinski definition) is 0. The Morgan fingerprint density at radius 2 is 2.17 bits per heavy atom. The van der Waals surface area contributed by atoms with Crippen molar-refractivity contribution in [3.05, 3.63) is 29.8 Å². The van der Waals surface area contributed by atoms with E-state index in [0.29, 0.717) is 37.6 Å². The second-order valence-electron chi connectivity index (χ2n) is 6.70. The molecule has 1 aromatic carbocycles. The van der Waals surface area contributed by atoms with Crippen molar-refractivity contribution in [2.45, 2.75) is 38.9 Å². The number of amides is 1. The second kappa shape index (κ2) is 8.02. The van der Waals surface area contributed by atoms with Gasteiger partial charge in [-0.1, -0.05) is 6.07 Å². The maximum Gasteiger partial charge on any atom is 0.410 e. The molecule has 6 nitrogen and oxygen atoms in total. The molecule has 0 spiro atoms. The summed E-state index contributed by atoms with van der Waals surface area (Å²) in [5, 5.41) is 8.84. The van der Waals surface area contributed by atoms with Crippen molar-refractivity contribution >= 4 is 6.09 Å². The first-order valence-corrected chi connectivity index (χ1v) is 8.10. The number of nitriles is 1. The third-order valence-electron chi connectivity index (χ3n) is 3.47. The van der Waals surface area contributed by atoms with Crippen molar-refractivity contribution in [2.75, 3.05) is 26.3 Å². The van der Waals surface area contributed by atoms with E-state index in [2.05, 4.69) is 6.07 Å². The van der Waals surface area contributed by atoms with Crippen LogP contribution in [0, 0.1) is 11.3 Å². The van der Waals surface area contributed by atoms with E-state index in [1.54, 1.807) is 29.2 Å². The maximum absolute atomic E-state index is 12.0. The van der Waals surface area contributed by atoms with Crippen LogP contribution in [0.15, 0.2) is 24.3 Å². The van der Waals surface area contributed by atoms with Crippen molar-refractivity contribution in [3.8, 4) is 11.8 Å². The van der Waals surface area contributed by atoms with Crippen molar-refractivity contribution < 1.29 is 19.0 Å². The van der Waals surface area contributed by atoms with Gasteiger partial charge in [0.15, 0.2) is 0 Å². The van der Waals surface area contributed by atoms with E-state index in [1.807, 2.05) is 20.8 Å². The minimum atomic E-state index is -0.484. The molecule has 24 heavy (non-hydrogen) atoms. The molecule has 2 rings (SSSR count). The van der Waals surface area contributed by atoms with Gasteiger partial charge in [0, 0.05) is 6.54 Å². The zero-order chi connectivity index (χ0) is 17.6. The molecule has 1 fully saturated rings. The Bertz CT molecular complexity index is 604. The van der Waals surface area contributed by atoms with Gasteiger partial charge in [0.05, 0.1) is 30.9 Å². The first kappa shape index (κ1) is 18.1. The first-order chi connectivity index (χ1) is 11.4. The lowest BCUT2D eigenvalue weighted by molar-refractivity contribution is 0.0171. The fraction of sp³-hybridized carbons (Fsp3) is 0.556. The van der Waals surface area contributed by atoms with E-state index in [1.165, 1.54) is 0 Å². The van der Waals surface area contributed by atoms with Gasteiger partial charge in [-0.2, -0.15) is 5.26 Å². The summed E-state index contributed by atoms with van der Waals surface area (Å²) in [4.78, 5) is 13.7. The SMILES string of the molecule is CC(C)(C)OC(=O)N1CC[C@@H](OCCOc2cccc(C#N)c2)C1. The molecule has 1 aromatic rings. The number of hydrogen-bond acceptors (Lipinski definition) is 5. The molecule has 0 unspecified atom stereocenters. The van der Waals surface area contributed by atoms with Gasteiger partial charge >= 0.3 is 6.09 Å². The highest BCUT2D eigenvalue weighted by atomic mass is 16.6. The summed E-state index contributed by atoms with van der Waals surface area (Å²) in [6.45, 7) is 7.58. The van der Waals surface area contributed by atoms with E-state index in [0.717, 1.165) is 6.42 Å². The zero-order valence-electron chi connectivity index (χ0n) is 14.4. The molecule has 0 bridgehead atoms. The van der Waals surface area contributed by atoms with Gasteiger partial charge in [-0.15, -0.1) is 0 Å². The van der Waals surface area contributed by atoms with E-state index >= 15 is 0 Å². The third-order valence-corrected chi connectivity index (χ3v) is 3.47. The third kappa shape index (κ3) is 5.74. The number of carbonyl (C=O) groups is 1. The van der Waals surface area contributed by atoms with Crippen molar-refractivity contribution in [3.63, 3.8) is 0 Å². The molecule has 6 heteroatoms. The van der Waals surface area contributed by atoms with Gasteiger partial charge in [0.25, 0.3) is 0 Å². The normalized spacial score (nSPS) is 17.4. The lowest BCUT2D eigenvalue weighted by Crippen LogP contribution is -2.36. The molecule has 1 aliphatic heterocycles. The summed E-state index contributed by atoms with van der Waals surface area (Å²) < 4.78 is 16.7. The van der Waals surface area contributed by atoms with Crippen LogP contribution in [0.1, 0.15) is 32.8 Å². The summed E-state index contributed by atoms with van der Waals surface area (Å²) in [6.07, 6.45) is 0.508. The van der Waals surface area contributed by atoms with Gasteiger partial charge in [-0.05, 0) is 45.4 Å². The highest BCUT2D eigenvalue weighted by Crippen LogP contribution is 2.17. The molecule has 0 radical (unpaired) electrons. The number of nitrogens with zero attached hydrogens (tertiary/aromatic N) is 2. The highest BCUT2D eigenvalue weighted by Gasteiger charge is 2.30. The topological polar surface area (TPSA) is 71.8 Å². The summed E-state index contributed by atoms with van der Waals surface area (Å²) in [5.74, 6) is 0.652.